The maximum Gasteiger partial charge on any atom is 0.141 e. The topological polar surface area (TPSA) is 46.8 Å². The maximum atomic E-state index is 9.70. The van der Waals surface area contributed by atoms with Crippen molar-refractivity contribution < 1.29 is 9.84 Å². The number of nitrogens with zero attached hydrogens (tertiary/aromatic N) is 2. The lowest BCUT2D eigenvalue weighted by molar-refractivity contribution is 0.0155. The van der Waals surface area contributed by atoms with Crippen LogP contribution in [0.4, 0.5) is 0 Å². The normalized spacial score (nSPS) is 20.8. The highest BCUT2D eigenvalue weighted by atomic mass is 16.5. The second kappa shape index (κ2) is 4.37. The average Bonchev–Trinajstić information content (AvgIpc) is 2.76. The van der Waals surface area contributed by atoms with Gasteiger partial charge >= 0.3 is 0 Å². The summed E-state index contributed by atoms with van der Waals surface area (Å²) in [6.07, 6.45) is 8.24. The largest absolute Gasteiger partial charge is 0.506 e. The van der Waals surface area contributed by atoms with E-state index in [0.717, 1.165) is 30.8 Å². The first kappa shape index (κ1) is 10.6. The minimum absolute atomic E-state index is 0.274. The Hall–Kier alpha value is -1.55. The monoisotopic (exact) mass is 232 g/mol. The molecule has 4 nitrogen and oxygen atoms in total. The molecule has 90 valence electrons. The fourth-order valence-corrected chi connectivity index (χ4v) is 2.38. The van der Waals surface area contributed by atoms with Gasteiger partial charge in [-0.1, -0.05) is 0 Å². The Morgan fingerprint density at radius 2 is 2.41 bits per heavy atom. The molecule has 17 heavy (non-hydrogen) atoms. The third-order valence-corrected chi connectivity index (χ3v) is 3.31. The molecule has 0 saturated carbocycles. The summed E-state index contributed by atoms with van der Waals surface area (Å²) in [4.78, 5) is 4.37. The summed E-state index contributed by atoms with van der Waals surface area (Å²) in [5.41, 5.74) is 0.762. The number of rotatable bonds is 2. The number of ether oxygens (including phenoxy) is 1. The molecule has 0 spiro atoms. The number of fused-ring (bicyclic) bond motifs is 1. The second-order valence-electron chi connectivity index (χ2n) is 4.52. The van der Waals surface area contributed by atoms with Gasteiger partial charge in [0.15, 0.2) is 0 Å². The van der Waals surface area contributed by atoms with E-state index in [1.54, 1.807) is 12.3 Å². The Kier molecular flexibility index (Phi) is 2.73. The molecule has 2 aromatic heterocycles. The summed E-state index contributed by atoms with van der Waals surface area (Å²) in [6, 6.07) is 3.51. The average molecular weight is 232 g/mol. The minimum Gasteiger partial charge on any atom is -0.506 e. The molecule has 3 rings (SSSR count). The van der Waals surface area contributed by atoms with E-state index < -0.39 is 0 Å². The molecule has 0 bridgehead atoms. The van der Waals surface area contributed by atoms with E-state index in [2.05, 4.69) is 4.98 Å². The van der Waals surface area contributed by atoms with Crippen molar-refractivity contribution in [3.05, 3.63) is 30.4 Å². The van der Waals surface area contributed by atoms with Gasteiger partial charge in [0.2, 0.25) is 0 Å². The van der Waals surface area contributed by atoms with Crippen LogP contribution in [-0.4, -0.2) is 27.2 Å². The zero-order valence-corrected chi connectivity index (χ0v) is 9.67. The fraction of sp³-hybridized carbons (Fsp3) is 0.462. The van der Waals surface area contributed by atoms with Crippen molar-refractivity contribution in [1.82, 2.24) is 9.38 Å². The maximum absolute atomic E-state index is 9.70. The first-order valence-electron chi connectivity index (χ1n) is 6.10. The van der Waals surface area contributed by atoms with Crippen LogP contribution in [0.5, 0.6) is 5.75 Å². The molecule has 0 aliphatic carbocycles. The quantitative estimate of drug-likeness (QED) is 0.863. The van der Waals surface area contributed by atoms with Crippen molar-refractivity contribution in [2.45, 2.75) is 31.8 Å². The van der Waals surface area contributed by atoms with Gasteiger partial charge in [-0.15, -0.1) is 0 Å². The van der Waals surface area contributed by atoms with Gasteiger partial charge in [0.1, 0.15) is 17.1 Å². The Balaban J connectivity index is 1.87. The summed E-state index contributed by atoms with van der Waals surface area (Å²) < 4.78 is 7.65. The van der Waals surface area contributed by atoms with Gasteiger partial charge < -0.3 is 14.2 Å². The van der Waals surface area contributed by atoms with Crippen molar-refractivity contribution in [3.8, 4) is 5.75 Å². The number of aromatic hydroxyl groups is 1. The van der Waals surface area contributed by atoms with Crippen molar-refractivity contribution in [2.24, 2.45) is 0 Å². The number of hydrogen-bond donors (Lipinski definition) is 1. The van der Waals surface area contributed by atoms with Gasteiger partial charge in [0.05, 0.1) is 12.3 Å². The van der Waals surface area contributed by atoms with Gasteiger partial charge in [-0.3, -0.25) is 0 Å². The second-order valence-corrected chi connectivity index (χ2v) is 4.52. The van der Waals surface area contributed by atoms with Gasteiger partial charge in [0, 0.05) is 19.2 Å². The fourth-order valence-electron chi connectivity index (χ4n) is 2.38. The van der Waals surface area contributed by atoms with Crippen LogP contribution in [0.15, 0.2) is 24.5 Å². The third-order valence-electron chi connectivity index (χ3n) is 3.31. The zero-order valence-electron chi connectivity index (χ0n) is 9.67. The molecule has 1 N–H and O–H groups in total. The van der Waals surface area contributed by atoms with E-state index in [9.17, 15) is 5.11 Å². The van der Waals surface area contributed by atoms with Crippen LogP contribution < -0.4 is 0 Å². The summed E-state index contributed by atoms with van der Waals surface area (Å²) in [6.45, 7) is 0.860. The Morgan fingerprint density at radius 1 is 1.47 bits per heavy atom. The molecular weight excluding hydrogens is 216 g/mol. The predicted octanol–water partition coefficient (Wildman–Crippen LogP) is 2.15. The molecule has 1 aliphatic rings. The molecule has 1 fully saturated rings. The summed E-state index contributed by atoms with van der Waals surface area (Å²) in [5.74, 6) is 1.23. The smallest absolute Gasteiger partial charge is 0.141 e. The highest BCUT2D eigenvalue weighted by molar-refractivity contribution is 5.58. The first-order valence-corrected chi connectivity index (χ1v) is 6.10. The Labute approximate surface area is 99.9 Å². The van der Waals surface area contributed by atoms with E-state index in [0.29, 0.717) is 0 Å². The van der Waals surface area contributed by atoms with Gasteiger partial charge in [0.25, 0.3) is 0 Å². The van der Waals surface area contributed by atoms with E-state index in [1.165, 1.54) is 12.8 Å². The zero-order chi connectivity index (χ0) is 11.7. The molecule has 1 atom stereocenters. The van der Waals surface area contributed by atoms with Crippen LogP contribution in [0.1, 0.15) is 25.1 Å². The lowest BCUT2D eigenvalue weighted by atomic mass is 10.1. The number of hydrogen-bond acceptors (Lipinski definition) is 3. The van der Waals surface area contributed by atoms with E-state index in [4.69, 9.17) is 4.74 Å². The van der Waals surface area contributed by atoms with E-state index in [-0.39, 0.29) is 11.9 Å². The summed E-state index contributed by atoms with van der Waals surface area (Å²) in [7, 11) is 0. The molecule has 1 saturated heterocycles. The van der Waals surface area contributed by atoms with Crippen molar-refractivity contribution in [1.29, 1.82) is 0 Å². The predicted molar refractivity (Wildman–Crippen MR) is 64.2 cm³/mol. The van der Waals surface area contributed by atoms with Crippen LogP contribution in [0.3, 0.4) is 0 Å². The van der Waals surface area contributed by atoms with Gasteiger partial charge in [-0.2, -0.15) is 0 Å². The molecule has 4 heteroatoms. The van der Waals surface area contributed by atoms with Gasteiger partial charge in [-0.05, 0) is 31.4 Å². The molecule has 0 amide bonds. The van der Waals surface area contributed by atoms with Crippen molar-refractivity contribution in [3.63, 3.8) is 0 Å². The summed E-state index contributed by atoms with van der Waals surface area (Å²) >= 11 is 0. The van der Waals surface area contributed by atoms with Crippen LogP contribution in [0, 0.1) is 0 Å². The number of aromatic nitrogens is 2. The molecular formula is C13H16N2O2. The minimum atomic E-state index is 0.274. The van der Waals surface area contributed by atoms with Crippen molar-refractivity contribution >= 4 is 5.52 Å². The van der Waals surface area contributed by atoms with Crippen LogP contribution in [0.2, 0.25) is 0 Å². The van der Waals surface area contributed by atoms with Crippen LogP contribution >= 0.6 is 0 Å². The Bertz CT molecular complexity index is 515. The third kappa shape index (κ3) is 2.00. The number of pyridine rings is 1. The standard InChI is InChI=1S/C13H16N2O2/c16-12-5-3-6-15-11(12)9-14-13(15)8-10-4-1-2-7-17-10/h3,5-6,9-10,16H,1-2,4,7-8H2. The lowest BCUT2D eigenvalue weighted by Crippen LogP contribution is -2.22. The molecule has 2 aromatic rings. The van der Waals surface area contributed by atoms with Crippen LogP contribution in [0.25, 0.3) is 5.52 Å². The first-order chi connectivity index (χ1) is 8.34. The SMILES string of the molecule is Oc1cccn2c(CC3CCCCO3)ncc12. The van der Waals surface area contributed by atoms with Crippen molar-refractivity contribution in [2.75, 3.05) is 6.61 Å². The molecule has 0 aromatic carbocycles. The molecule has 0 radical (unpaired) electrons. The highest BCUT2D eigenvalue weighted by Crippen LogP contribution is 2.21. The van der Waals surface area contributed by atoms with E-state index >= 15 is 0 Å². The summed E-state index contributed by atoms with van der Waals surface area (Å²) in [5, 5.41) is 9.70. The molecule has 3 heterocycles. The van der Waals surface area contributed by atoms with E-state index in [1.807, 2.05) is 16.7 Å². The lowest BCUT2D eigenvalue weighted by Gasteiger charge is -2.21. The van der Waals surface area contributed by atoms with Crippen LogP contribution in [-0.2, 0) is 11.2 Å². The Morgan fingerprint density at radius 3 is 3.24 bits per heavy atom. The van der Waals surface area contributed by atoms with Gasteiger partial charge in [-0.25, -0.2) is 4.98 Å². The molecule has 1 aliphatic heterocycles. The number of imidazole rings is 1. The highest BCUT2D eigenvalue weighted by Gasteiger charge is 2.17. The molecule has 1 unspecified atom stereocenters.